The number of amides is 3. The third kappa shape index (κ3) is 4.06. The molecule has 1 aliphatic carbocycles. The molecule has 1 spiro atoms. The minimum absolute atomic E-state index is 0.0839. The number of para-hydroxylation sites is 1. The number of anilines is 1. The molecule has 1 saturated carbocycles. The lowest BCUT2D eigenvalue weighted by Gasteiger charge is -2.42. The number of likely N-dealkylation sites (tertiary alicyclic amines) is 1. The van der Waals surface area contributed by atoms with E-state index in [1.54, 1.807) is 9.80 Å². The van der Waals surface area contributed by atoms with E-state index in [1.165, 1.54) is 6.42 Å². The summed E-state index contributed by atoms with van der Waals surface area (Å²) in [5.74, 6) is -2.29. The maximum absolute atomic E-state index is 14.5. The van der Waals surface area contributed by atoms with Crippen LogP contribution in [0.2, 0.25) is 0 Å². The minimum Gasteiger partial charge on any atom is -0.394 e. The Balaban J connectivity index is 1.45. The third-order valence-electron chi connectivity index (χ3n) is 9.53. The second kappa shape index (κ2) is 10.2. The molecule has 1 aromatic rings. The molecule has 39 heavy (non-hydrogen) atoms. The number of hydrogen-bond donors (Lipinski definition) is 1. The van der Waals surface area contributed by atoms with Gasteiger partial charge in [0.05, 0.1) is 30.6 Å². The van der Waals surface area contributed by atoms with Gasteiger partial charge in [-0.2, -0.15) is 0 Å². The number of carbonyl (C=O) groups is 3. The number of fused-ring (bicyclic) bond motifs is 2. The summed E-state index contributed by atoms with van der Waals surface area (Å²) < 4.78 is 6.76. The third-order valence-corrected chi connectivity index (χ3v) is 9.53. The molecule has 0 radical (unpaired) electrons. The van der Waals surface area contributed by atoms with E-state index in [1.807, 2.05) is 73.4 Å². The topological polar surface area (TPSA) is 90.4 Å². The number of carbonyl (C=O) groups excluding carboxylic acids is 3. The van der Waals surface area contributed by atoms with Crippen molar-refractivity contribution in [3.05, 3.63) is 54.6 Å². The molecule has 0 bridgehead atoms. The van der Waals surface area contributed by atoms with Crippen LogP contribution in [0.5, 0.6) is 0 Å². The summed E-state index contributed by atoms with van der Waals surface area (Å²) in [7, 11) is 0. The van der Waals surface area contributed by atoms with Gasteiger partial charge in [-0.1, -0.05) is 75.6 Å². The van der Waals surface area contributed by atoms with Gasteiger partial charge in [0.15, 0.2) is 0 Å². The summed E-state index contributed by atoms with van der Waals surface area (Å²) in [6, 6.07) is 8.10. The van der Waals surface area contributed by atoms with Crippen LogP contribution in [0.15, 0.2) is 54.6 Å². The lowest BCUT2D eigenvalue weighted by Crippen LogP contribution is -2.60. The van der Waals surface area contributed by atoms with Gasteiger partial charge >= 0.3 is 0 Å². The quantitative estimate of drug-likeness (QED) is 0.588. The number of ether oxygens (including phenoxy) is 1. The van der Waals surface area contributed by atoms with Crippen LogP contribution in [0.25, 0.3) is 0 Å². The van der Waals surface area contributed by atoms with Crippen molar-refractivity contribution in [2.24, 2.45) is 17.8 Å². The fraction of sp³-hybridized carbons (Fsp3) is 0.581. The molecule has 3 fully saturated rings. The Bertz CT molecular complexity index is 1180. The zero-order chi connectivity index (χ0) is 27.3. The van der Waals surface area contributed by atoms with Crippen LogP contribution in [-0.4, -0.2) is 82.2 Å². The van der Waals surface area contributed by atoms with Crippen LogP contribution in [0.3, 0.4) is 0 Å². The van der Waals surface area contributed by atoms with E-state index in [2.05, 4.69) is 0 Å². The largest absolute Gasteiger partial charge is 0.394 e. The Hall–Kier alpha value is -2.97. The molecule has 0 aromatic heterocycles. The Morgan fingerprint density at radius 3 is 2.41 bits per heavy atom. The molecule has 4 aliphatic heterocycles. The number of benzene rings is 1. The van der Waals surface area contributed by atoms with Gasteiger partial charge in [-0.15, -0.1) is 0 Å². The molecule has 8 heteroatoms. The van der Waals surface area contributed by atoms with Crippen molar-refractivity contribution in [3.63, 3.8) is 0 Å². The van der Waals surface area contributed by atoms with E-state index in [9.17, 15) is 19.5 Å². The summed E-state index contributed by atoms with van der Waals surface area (Å²) in [5.41, 5.74) is -0.506. The predicted molar refractivity (Wildman–Crippen MR) is 147 cm³/mol. The average Bonchev–Trinajstić information content (AvgIpc) is 3.25. The van der Waals surface area contributed by atoms with Crippen LogP contribution < -0.4 is 4.90 Å². The predicted octanol–water partition coefficient (Wildman–Crippen LogP) is 2.92. The van der Waals surface area contributed by atoms with Crippen molar-refractivity contribution in [3.8, 4) is 0 Å². The van der Waals surface area contributed by atoms with Gasteiger partial charge in [0.25, 0.3) is 0 Å². The zero-order valence-electron chi connectivity index (χ0n) is 22.8. The lowest BCUT2D eigenvalue weighted by molar-refractivity contribution is -0.153. The Morgan fingerprint density at radius 2 is 1.72 bits per heavy atom. The van der Waals surface area contributed by atoms with Gasteiger partial charge in [-0.3, -0.25) is 14.4 Å². The Morgan fingerprint density at radius 1 is 0.974 bits per heavy atom. The van der Waals surface area contributed by atoms with Gasteiger partial charge in [-0.05, 0) is 30.9 Å². The smallest absolute Gasteiger partial charge is 0.249 e. The normalized spacial score (nSPS) is 33.7. The summed E-state index contributed by atoms with van der Waals surface area (Å²) in [6.45, 7) is 4.48. The average molecular weight is 534 g/mol. The Labute approximate surface area is 230 Å². The maximum atomic E-state index is 14.5. The van der Waals surface area contributed by atoms with Crippen LogP contribution in [-0.2, 0) is 19.1 Å². The second-order valence-electron chi connectivity index (χ2n) is 12.0. The first kappa shape index (κ1) is 26.3. The second-order valence-corrected chi connectivity index (χ2v) is 12.0. The van der Waals surface area contributed by atoms with E-state index < -0.39 is 35.6 Å². The van der Waals surface area contributed by atoms with Crippen LogP contribution in [0.1, 0.15) is 46.0 Å². The number of hydrogen-bond acceptors (Lipinski definition) is 5. The molecule has 2 saturated heterocycles. The number of aliphatic hydroxyl groups is 1. The fourth-order valence-electron chi connectivity index (χ4n) is 7.63. The van der Waals surface area contributed by atoms with Gasteiger partial charge < -0.3 is 24.5 Å². The van der Waals surface area contributed by atoms with Crippen molar-refractivity contribution >= 4 is 23.4 Å². The SMILES string of the molecule is CC(C)[C@H](CO)N1C(=O)[C@@H]2[C@H]3C(=O)N(c4ccccc4)CC=C[C@H]3O[C@@]23C=CCN(C2CCCCC2)C(=O)C13. The van der Waals surface area contributed by atoms with E-state index >= 15 is 0 Å². The first-order valence-corrected chi connectivity index (χ1v) is 14.5. The van der Waals surface area contributed by atoms with Crippen molar-refractivity contribution < 1.29 is 24.2 Å². The molecule has 1 unspecified atom stereocenters. The highest BCUT2D eigenvalue weighted by Crippen LogP contribution is 2.54. The first-order chi connectivity index (χ1) is 18.9. The minimum atomic E-state index is -1.27. The summed E-state index contributed by atoms with van der Waals surface area (Å²) in [5, 5.41) is 10.5. The van der Waals surface area contributed by atoms with Crippen molar-refractivity contribution in [2.45, 2.75) is 75.8 Å². The highest BCUT2D eigenvalue weighted by molar-refractivity contribution is 6.04. The van der Waals surface area contributed by atoms with E-state index in [-0.39, 0.29) is 36.3 Å². The fourth-order valence-corrected chi connectivity index (χ4v) is 7.63. The maximum Gasteiger partial charge on any atom is 0.249 e. The van der Waals surface area contributed by atoms with E-state index in [4.69, 9.17) is 4.74 Å². The summed E-state index contributed by atoms with van der Waals surface area (Å²) in [4.78, 5) is 48.4. The van der Waals surface area contributed by atoms with Crippen LogP contribution >= 0.6 is 0 Å². The van der Waals surface area contributed by atoms with Gasteiger partial charge in [0.2, 0.25) is 17.7 Å². The lowest BCUT2D eigenvalue weighted by atomic mass is 9.77. The molecule has 1 N–H and O–H groups in total. The molecular formula is C31H39N3O5. The van der Waals surface area contributed by atoms with Gasteiger partial charge in [0.1, 0.15) is 11.6 Å². The highest BCUT2D eigenvalue weighted by atomic mass is 16.5. The molecular weight excluding hydrogens is 494 g/mol. The van der Waals surface area contributed by atoms with E-state index in [0.717, 1.165) is 31.4 Å². The van der Waals surface area contributed by atoms with Crippen molar-refractivity contribution in [1.29, 1.82) is 0 Å². The molecule has 6 atom stereocenters. The molecule has 6 rings (SSSR count). The monoisotopic (exact) mass is 533 g/mol. The first-order valence-electron chi connectivity index (χ1n) is 14.5. The van der Waals surface area contributed by atoms with E-state index in [0.29, 0.717) is 13.1 Å². The van der Waals surface area contributed by atoms with Crippen molar-refractivity contribution in [2.75, 3.05) is 24.6 Å². The molecule has 4 heterocycles. The standard InChI is InChI=1S/C31H39N3O5/c1-20(2)23(19-35)34-27-30(38)33(22-13-7-4-8-14-22)18-10-16-31(27)26(29(34)37)25-24(39-31)15-9-17-32(28(25)36)21-11-5-3-6-12-21/h3,5-6,9-12,15-16,20,22-27,35H,4,7-8,13-14,17-19H2,1-2H3/t23-,24+,25-,26-,27?,31-/m0/s1. The van der Waals surface area contributed by atoms with Crippen molar-refractivity contribution in [1.82, 2.24) is 9.80 Å². The zero-order valence-corrected chi connectivity index (χ0v) is 22.8. The number of aliphatic hydroxyl groups excluding tert-OH is 1. The molecule has 1 aromatic carbocycles. The molecule has 8 nitrogen and oxygen atoms in total. The number of nitrogens with zero attached hydrogens (tertiary/aromatic N) is 3. The van der Waals surface area contributed by atoms with Gasteiger partial charge in [-0.25, -0.2) is 0 Å². The van der Waals surface area contributed by atoms with Crippen LogP contribution in [0.4, 0.5) is 5.69 Å². The molecule has 3 amide bonds. The molecule has 5 aliphatic rings. The summed E-state index contributed by atoms with van der Waals surface area (Å²) >= 11 is 0. The number of rotatable bonds is 5. The molecule has 208 valence electrons. The Kier molecular flexibility index (Phi) is 6.88. The van der Waals surface area contributed by atoms with Gasteiger partial charge in [0, 0.05) is 24.8 Å². The highest BCUT2D eigenvalue weighted by Gasteiger charge is 2.72. The summed E-state index contributed by atoms with van der Waals surface area (Å²) in [6.07, 6.45) is 12.3. The van der Waals surface area contributed by atoms with Crippen LogP contribution in [0, 0.1) is 17.8 Å².